The SMILES string of the molecule is CCCCc1ccc(-n2c(CCC(=O)O)ccc2-c2ccccc2)cc1. The largest absolute Gasteiger partial charge is 0.481 e. The zero-order valence-corrected chi connectivity index (χ0v) is 15.2. The molecule has 0 spiro atoms. The van der Waals surface area contributed by atoms with Crippen LogP contribution in [0, 0.1) is 0 Å². The van der Waals surface area contributed by atoms with Crippen LogP contribution in [-0.4, -0.2) is 15.6 Å². The van der Waals surface area contributed by atoms with E-state index in [1.54, 1.807) is 0 Å². The summed E-state index contributed by atoms with van der Waals surface area (Å²) in [4.78, 5) is 11.0. The van der Waals surface area contributed by atoms with Gasteiger partial charge in [-0.25, -0.2) is 0 Å². The highest BCUT2D eigenvalue weighted by Gasteiger charge is 2.13. The van der Waals surface area contributed by atoms with Crippen molar-refractivity contribution in [1.29, 1.82) is 0 Å². The fourth-order valence-electron chi connectivity index (χ4n) is 3.24. The van der Waals surface area contributed by atoms with Gasteiger partial charge in [-0.05, 0) is 54.7 Å². The van der Waals surface area contributed by atoms with E-state index in [1.807, 2.05) is 24.3 Å². The van der Waals surface area contributed by atoms with Crippen molar-refractivity contribution in [3.05, 3.63) is 78.0 Å². The normalized spacial score (nSPS) is 10.8. The lowest BCUT2D eigenvalue weighted by Gasteiger charge is -2.14. The first-order valence-corrected chi connectivity index (χ1v) is 9.26. The van der Waals surface area contributed by atoms with Gasteiger partial charge in [-0.15, -0.1) is 0 Å². The highest BCUT2D eigenvalue weighted by molar-refractivity contribution is 5.68. The third-order valence-electron chi connectivity index (χ3n) is 4.64. The lowest BCUT2D eigenvalue weighted by molar-refractivity contribution is -0.136. The van der Waals surface area contributed by atoms with Gasteiger partial charge >= 0.3 is 5.97 Å². The molecular formula is C23H25NO2. The Labute approximate surface area is 154 Å². The first-order valence-electron chi connectivity index (χ1n) is 9.26. The van der Waals surface area contributed by atoms with Crippen LogP contribution in [0.4, 0.5) is 0 Å². The van der Waals surface area contributed by atoms with Crippen molar-refractivity contribution in [1.82, 2.24) is 4.57 Å². The van der Waals surface area contributed by atoms with Crippen molar-refractivity contribution >= 4 is 5.97 Å². The molecule has 2 aromatic carbocycles. The van der Waals surface area contributed by atoms with Gasteiger partial charge in [0.2, 0.25) is 0 Å². The molecule has 0 aliphatic rings. The number of carbonyl (C=O) groups is 1. The summed E-state index contributed by atoms with van der Waals surface area (Å²) in [6.45, 7) is 2.20. The van der Waals surface area contributed by atoms with Gasteiger partial charge in [-0.2, -0.15) is 0 Å². The minimum atomic E-state index is -0.770. The van der Waals surface area contributed by atoms with Gasteiger partial charge in [0.25, 0.3) is 0 Å². The Bertz CT molecular complexity index is 848. The molecule has 1 aromatic heterocycles. The van der Waals surface area contributed by atoms with E-state index in [2.05, 4.69) is 54.0 Å². The van der Waals surface area contributed by atoms with Crippen LogP contribution in [0.3, 0.4) is 0 Å². The number of aliphatic carboxylic acids is 1. The summed E-state index contributed by atoms with van der Waals surface area (Å²) in [5.74, 6) is -0.770. The number of aryl methyl sites for hydroxylation is 2. The van der Waals surface area contributed by atoms with E-state index in [-0.39, 0.29) is 6.42 Å². The van der Waals surface area contributed by atoms with Crippen molar-refractivity contribution in [2.45, 2.75) is 39.0 Å². The Kier molecular flexibility index (Phi) is 5.90. The highest BCUT2D eigenvalue weighted by Crippen LogP contribution is 2.27. The quantitative estimate of drug-likeness (QED) is 0.584. The van der Waals surface area contributed by atoms with Gasteiger partial charge < -0.3 is 9.67 Å². The maximum atomic E-state index is 11.0. The number of carboxylic acids is 1. The molecule has 0 saturated heterocycles. The maximum Gasteiger partial charge on any atom is 0.303 e. The van der Waals surface area contributed by atoms with Crippen molar-refractivity contribution in [2.24, 2.45) is 0 Å². The molecular weight excluding hydrogens is 322 g/mol. The lowest BCUT2D eigenvalue weighted by atomic mass is 10.1. The minimum Gasteiger partial charge on any atom is -0.481 e. The number of benzene rings is 2. The third-order valence-corrected chi connectivity index (χ3v) is 4.64. The predicted octanol–water partition coefficient (Wildman–Crippen LogP) is 5.50. The average Bonchev–Trinajstić information content (AvgIpc) is 3.10. The Hall–Kier alpha value is -2.81. The molecule has 0 aliphatic heterocycles. The van der Waals surface area contributed by atoms with Crippen molar-refractivity contribution in [3.8, 4) is 16.9 Å². The topological polar surface area (TPSA) is 42.2 Å². The van der Waals surface area contributed by atoms with Gasteiger partial charge in [-0.1, -0.05) is 55.8 Å². The first kappa shape index (κ1) is 18.0. The molecule has 3 rings (SSSR count). The smallest absolute Gasteiger partial charge is 0.303 e. The number of rotatable bonds is 8. The summed E-state index contributed by atoms with van der Waals surface area (Å²) in [7, 11) is 0. The van der Waals surface area contributed by atoms with Gasteiger partial charge in [-0.3, -0.25) is 4.79 Å². The predicted molar refractivity (Wildman–Crippen MR) is 106 cm³/mol. The van der Waals surface area contributed by atoms with Crippen molar-refractivity contribution in [2.75, 3.05) is 0 Å². The van der Waals surface area contributed by atoms with E-state index in [0.717, 1.165) is 29.1 Å². The second-order valence-electron chi connectivity index (χ2n) is 6.58. The zero-order chi connectivity index (χ0) is 18.4. The van der Waals surface area contributed by atoms with E-state index in [4.69, 9.17) is 5.11 Å². The summed E-state index contributed by atoms with van der Waals surface area (Å²) in [5.41, 5.74) is 5.66. The fraction of sp³-hybridized carbons (Fsp3) is 0.261. The van der Waals surface area contributed by atoms with Crippen LogP contribution < -0.4 is 0 Å². The summed E-state index contributed by atoms with van der Waals surface area (Å²) in [6, 6.07) is 23.0. The number of carboxylic acid groups (broad SMARTS) is 1. The molecule has 0 saturated carbocycles. The Morgan fingerprint density at radius 2 is 1.65 bits per heavy atom. The number of hydrogen-bond acceptors (Lipinski definition) is 1. The molecule has 0 bridgehead atoms. The molecule has 134 valence electrons. The highest BCUT2D eigenvalue weighted by atomic mass is 16.4. The monoisotopic (exact) mass is 347 g/mol. The number of unbranched alkanes of at least 4 members (excludes halogenated alkanes) is 1. The molecule has 0 atom stereocenters. The van der Waals surface area contributed by atoms with Crippen LogP contribution in [0.1, 0.15) is 37.4 Å². The van der Waals surface area contributed by atoms with Crippen molar-refractivity contribution in [3.63, 3.8) is 0 Å². The standard InChI is InChI=1S/C23H25NO2/c1-2-3-7-18-10-12-20(13-11-18)24-21(15-17-23(25)26)14-16-22(24)19-8-5-4-6-9-19/h4-6,8-14,16H,2-3,7,15,17H2,1H3,(H,25,26). The number of aromatic nitrogens is 1. The van der Waals surface area contributed by atoms with Gasteiger partial charge in [0.1, 0.15) is 0 Å². The molecule has 0 fully saturated rings. The minimum absolute atomic E-state index is 0.132. The third kappa shape index (κ3) is 4.23. The molecule has 0 unspecified atom stereocenters. The summed E-state index contributed by atoms with van der Waals surface area (Å²) in [5, 5.41) is 9.07. The summed E-state index contributed by atoms with van der Waals surface area (Å²) in [6.07, 6.45) is 4.13. The molecule has 1 N–H and O–H groups in total. The maximum absolute atomic E-state index is 11.0. The van der Waals surface area contributed by atoms with E-state index in [1.165, 1.54) is 18.4 Å². The van der Waals surface area contributed by atoms with Crippen LogP contribution in [0.25, 0.3) is 16.9 Å². The molecule has 3 nitrogen and oxygen atoms in total. The number of nitrogens with zero attached hydrogens (tertiary/aromatic N) is 1. The molecule has 0 amide bonds. The second-order valence-corrected chi connectivity index (χ2v) is 6.58. The lowest BCUT2D eigenvalue weighted by Crippen LogP contribution is -2.05. The van der Waals surface area contributed by atoms with Crippen LogP contribution in [0.2, 0.25) is 0 Å². The Morgan fingerprint density at radius 3 is 2.31 bits per heavy atom. The molecule has 0 aliphatic carbocycles. The van der Waals surface area contributed by atoms with Crippen LogP contribution in [0.5, 0.6) is 0 Å². The second kappa shape index (κ2) is 8.52. The van der Waals surface area contributed by atoms with Crippen LogP contribution >= 0.6 is 0 Å². The average molecular weight is 347 g/mol. The van der Waals surface area contributed by atoms with Crippen LogP contribution in [-0.2, 0) is 17.6 Å². The molecule has 0 radical (unpaired) electrons. The van der Waals surface area contributed by atoms with E-state index in [0.29, 0.717) is 6.42 Å². The van der Waals surface area contributed by atoms with Crippen molar-refractivity contribution < 1.29 is 9.90 Å². The summed E-state index contributed by atoms with van der Waals surface area (Å²) >= 11 is 0. The summed E-state index contributed by atoms with van der Waals surface area (Å²) < 4.78 is 2.18. The molecule has 26 heavy (non-hydrogen) atoms. The van der Waals surface area contributed by atoms with E-state index < -0.39 is 5.97 Å². The number of hydrogen-bond donors (Lipinski definition) is 1. The van der Waals surface area contributed by atoms with Gasteiger partial charge in [0, 0.05) is 11.4 Å². The fourth-order valence-corrected chi connectivity index (χ4v) is 3.24. The van der Waals surface area contributed by atoms with Gasteiger partial charge in [0.05, 0.1) is 12.1 Å². The first-order chi connectivity index (χ1) is 12.7. The molecule has 1 heterocycles. The Morgan fingerprint density at radius 1 is 0.923 bits per heavy atom. The van der Waals surface area contributed by atoms with E-state index in [9.17, 15) is 4.79 Å². The molecule has 3 heteroatoms. The van der Waals surface area contributed by atoms with Crippen LogP contribution in [0.15, 0.2) is 66.7 Å². The Balaban J connectivity index is 1.99. The van der Waals surface area contributed by atoms with Gasteiger partial charge in [0.15, 0.2) is 0 Å². The molecule has 3 aromatic rings. The van der Waals surface area contributed by atoms with E-state index >= 15 is 0 Å². The zero-order valence-electron chi connectivity index (χ0n) is 15.2.